The lowest BCUT2D eigenvalue weighted by Gasteiger charge is -2.00. The van der Waals surface area contributed by atoms with Gasteiger partial charge in [-0.3, -0.25) is 0 Å². The van der Waals surface area contributed by atoms with Crippen molar-refractivity contribution in [1.29, 1.82) is 0 Å². The molecule has 5 nitrogen and oxygen atoms in total. The first kappa shape index (κ1) is 14.0. The Kier molecular flexibility index (Phi) is 5.34. The Morgan fingerprint density at radius 3 is 2.89 bits per heavy atom. The maximum absolute atomic E-state index is 12.0. The lowest BCUT2D eigenvalue weighted by molar-refractivity contribution is 0.251. The molecule has 0 aromatic carbocycles. The van der Waals surface area contributed by atoms with Gasteiger partial charge in [-0.2, -0.15) is 13.8 Å². The number of furan rings is 1. The molecule has 19 heavy (non-hydrogen) atoms. The Morgan fingerprint density at radius 2 is 2.16 bits per heavy atom. The lowest BCUT2D eigenvalue weighted by Crippen LogP contribution is -2.16. The first-order chi connectivity index (χ1) is 9.24. The summed E-state index contributed by atoms with van der Waals surface area (Å²) in [7, 11) is 0. The van der Waals surface area contributed by atoms with Crippen LogP contribution in [0.4, 0.5) is 8.78 Å². The number of hydrogen-bond acceptors (Lipinski definition) is 6. The molecule has 0 atom stereocenters. The number of nitrogens with zero attached hydrogens (tertiary/aromatic N) is 2. The minimum atomic E-state index is -2.37. The summed E-state index contributed by atoms with van der Waals surface area (Å²) < 4.78 is 34.0. The number of alkyl halides is 2. The third kappa shape index (κ3) is 4.99. The molecule has 0 radical (unpaired) electrons. The molecule has 0 spiro atoms. The zero-order chi connectivity index (χ0) is 13.5. The third-order valence-electron chi connectivity index (χ3n) is 2.30. The fourth-order valence-corrected chi connectivity index (χ4v) is 1.90. The molecule has 2 aromatic heterocycles. The van der Waals surface area contributed by atoms with E-state index in [0.717, 1.165) is 5.76 Å². The van der Waals surface area contributed by atoms with Gasteiger partial charge in [0.1, 0.15) is 11.5 Å². The van der Waals surface area contributed by atoms with Gasteiger partial charge < -0.3 is 14.3 Å². The molecule has 1 N–H and O–H groups in total. The summed E-state index contributed by atoms with van der Waals surface area (Å²) in [5.41, 5.74) is 0. The number of hydrogen-bond donors (Lipinski definition) is 1. The fraction of sp³-hybridized carbons (Fsp3) is 0.455. The minimum absolute atomic E-state index is 0.181. The fourth-order valence-electron chi connectivity index (χ4n) is 1.45. The van der Waals surface area contributed by atoms with Gasteiger partial charge in [-0.15, -0.1) is 0 Å². The second-order valence-electron chi connectivity index (χ2n) is 3.71. The zero-order valence-electron chi connectivity index (χ0n) is 10.0. The van der Waals surface area contributed by atoms with E-state index in [0.29, 0.717) is 42.9 Å². The van der Waals surface area contributed by atoms with Crippen molar-refractivity contribution in [3.63, 3.8) is 0 Å². The van der Waals surface area contributed by atoms with Crippen LogP contribution in [0.1, 0.15) is 17.3 Å². The van der Waals surface area contributed by atoms with E-state index >= 15 is 0 Å². The maximum atomic E-state index is 12.0. The number of thioether (sulfide) groups is 1. The van der Waals surface area contributed by atoms with E-state index in [1.54, 1.807) is 12.1 Å². The Bertz CT molecular complexity index is 476. The van der Waals surface area contributed by atoms with Crippen molar-refractivity contribution < 1.29 is 17.7 Å². The molecule has 0 aliphatic carbocycles. The van der Waals surface area contributed by atoms with E-state index in [-0.39, 0.29) is 5.75 Å². The van der Waals surface area contributed by atoms with Gasteiger partial charge in [-0.05, 0) is 12.1 Å². The Morgan fingerprint density at radius 1 is 1.32 bits per heavy atom. The van der Waals surface area contributed by atoms with Crippen LogP contribution in [-0.2, 0) is 18.7 Å². The Labute approximate surface area is 112 Å². The van der Waals surface area contributed by atoms with Crippen molar-refractivity contribution >= 4 is 11.8 Å². The van der Waals surface area contributed by atoms with Gasteiger partial charge in [0.15, 0.2) is 5.82 Å². The summed E-state index contributed by atoms with van der Waals surface area (Å²) in [6.07, 6.45) is 1.94. The molecular weight excluding hydrogens is 276 g/mol. The largest absolute Gasteiger partial charge is 0.464 e. The summed E-state index contributed by atoms with van der Waals surface area (Å²) in [5.74, 6) is -0.276. The monoisotopic (exact) mass is 289 g/mol. The smallest absolute Gasteiger partial charge is 0.284 e. The standard InChI is InChI=1S/C11H13F2N3O2S/c12-11(13)19-6-9-2-1-8(18-9)5-14-4-3-10-15-7-17-16-10/h1-2,7,11,14H,3-6H2. The van der Waals surface area contributed by atoms with Crippen molar-refractivity contribution in [2.24, 2.45) is 0 Å². The molecule has 0 amide bonds. The van der Waals surface area contributed by atoms with Crippen molar-refractivity contribution in [3.8, 4) is 0 Å². The van der Waals surface area contributed by atoms with Crippen LogP contribution in [-0.4, -0.2) is 22.4 Å². The molecular formula is C11H13F2N3O2S. The van der Waals surface area contributed by atoms with Crippen molar-refractivity contribution in [2.75, 3.05) is 6.54 Å². The molecule has 0 aliphatic heterocycles. The highest BCUT2D eigenvalue weighted by Crippen LogP contribution is 2.21. The Hall–Kier alpha value is -1.41. The van der Waals surface area contributed by atoms with Gasteiger partial charge in [-0.1, -0.05) is 16.9 Å². The minimum Gasteiger partial charge on any atom is -0.464 e. The topological polar surface area (TPSA) is 64.1 Å². The summed E-state index contributed by atoms with van der Waals surface area (Å²) in [4.78, 5) is 3.89. The van der Waals surface area contributed by atoms with E-state index in [2.05, 4.69) is 20.0 Å². The average Bonchev–Trinajstić information content (AvgIpc) is 3.04. The molecule has 0 saturated heterocycles. The summed E-state index contributed by atoms with van der Waals surface area (Å²) in [6, 6.07) is 3.49. The highest BCUT2D eigenvalue weighted by atomic mass is 32.2. The molecule has 0 unspecified atom stereocenters. The predicted molar refractivity (Wildman–Crippen MR) is 65.7 cm³/mol. The van der Waals surface area contributed by atoms with E-state index < -0.39 is 5.76 Å². The summed E-state index contributed by atoms with van der Waals surface area (Å²) in [5, 5.41) is 6.83. The van der Waals surface area contributed by atoms with Crippen LogP contribution in [0.25, 0.3) is 0 Å². The third-order valence-corrected chi connectivity index (χ3v) is 3.00. The molecule has 104 valence electrons. The molecule has 0 fully saturated rings. The van der Waals surface area contributed by atoms with Crippen LogP contribution < -0.4 is 5.32 Å². The van der Waals surface area contributed by atoms with Gasteiger partial charge >= 0.3 is 0 Å². The molecule has 0 bridgehead atoms. The van der Waals surface area contributed by atoms with E-state index in [1.165, 1.54) is 6.39 Å². The number of halogens is 2. The van der Waals surface area contributed by atoms with Crippen LogP contribution in [0.15, 0.2) is 27.5 Å². The van der Waals surface area contributed by atoms with Gasteiger partial charge in [0, 0.05) is 13.0 Å². The molecule has 0 saturated carbocycles. The first-order valence-electron chi connectivity index (χ1n) is 5.67. The van der Waals surface area contributed by atoms with E-state index in [1.807, 2.05) is 0 Å². The van der Waals surface area contributed by atoms with Gasteiger partial charge in [0.2, 0.25) is 6.39 Å². The maximum Gasteiger partial charge on any atom is 0.284 e. The van der Waals surface area contributed by atoms with Crippen LogP contribution >= 0.6 is 11.8 Å². The van der Waals surface area contributed by atoms with Crippen LogP contribution in [0.5, 0.6) is 0 Å². The molecule has 2 rings (SSSR count). The summed E-state index contributed by atoms with van der Waals surface area (Å²) in [6.45, 7) is 1.22. The summed E-state index contributed by atoms with van der Waals surface area (Å²) >= 11 is 0.550. The zero-order valence-corrected chi connectivity index (χ0v) is 10.8. The SMILES string of the molecule is FC(F)SCc1ccc(CNCCc2ncon2)o1. The normalized spacial score (nSPS) is 11.3. The molecule has 2 aromatic rings. The first-order valence-corrected chi connectivity index (χ1v) is 6.72. The second-order valence-corrected chi connectivity index (χ2v) is 4.69. The van der Waals surface area contributed by atoms with E-state index in [9.17, 15) is 8.78 Å². The van der Waals surface area contributed by atoms with Crippen molar-refractivity contribution in [1.82, 2.24) is 15.5 Å². The van der Waals surface area contributed by atoms with Crippen molar-refractivity contribution in [3.05, 3.63) is 35.9 Å². The molecule has 2 heterocycles. The number of aromatic nitrogens is 2. The number of nitrogens with one attached hydrogen (secondary N) is 1. The van der Waals surface area contributed by atoms with Crippen LogP contribution in [0.3, 0.4) is 0 Å². The Balaban J connectivity index is 1.65. The van der Waals surface area contributed by atoms with Gasteiger partial charge in [-0.25, -0.2) is 0 Å². The second kappa shape index (κ2) is 7.25. The average molecular weight is 289 g/mol. The van der Waals surface area contributed by atoms with Crippen LogP contribution in [0, 0.1) is 0 Å². The van der Waals surface area contributed by atoms with Gasteiger partial charge in [0.05, 0.1) is 12.3 Å². The predicted octanol–water partition coefficient (Wildman–Crippen LogP) is 2.45. The van der Waals surface area contributed by atoms with Crippen molar-refractivity contribution in [2.45, 2.75) is 24.5 Å². The van der Waals surface area contributed by atoms with E-state index in [4.69, 9.17) is 4.42 Å². The highest BCUT2D eigenvalue weighted by molar-refractivity contribution is 7.98. The van der Waals surface area contributed by atoms with Crippen LogP contribution in [0.2, 0.25) is 0 Å². The molecule has 8 heteroatoms. The number of rotatable bonds is 8. The highest BCUT2D eigenvalue weighted by Gasteiger charge is 2.07. The van der Waals surface area contributed by atoms with Gasteiger partial charge in [0.25, 0.3) is 5.76 Å². The lowest BCUT2D eigenvalue weighted by atomic mass is 10.4. The quantitative estimate of drug-likeness (QED) is 0.753. The molecule has 0 aliphatic rings.